The largest absolute Gasteiger partial charge is 0.458 e. The molecule has 0 spiro atoms. The molecule has 0 saturated carbocycles. The summed E-state index contributed by atoms with van der Waals surface area (Å²) in [6.45, 7) is 1.48. The highest BCUT2D eigenvalue weighted by molar-refractivity contribution is 5.66. The van der Waals surface area contributed by atoms with Gasteiger partial charge in [-0.25, -0.2) is 0 Å². The molecule has 0 aromatic rings. The smallest absolute Gasteiger partial charge is 0.303 e. The predicted octanol–water partition coefficient (Wildman–Crippen LogP) is 2.48. The number of ether oxygens (including phenoxy) is 1. The number of hydrogen-bond donors (Lipinski definition) is 0. The second-order valence-corrected chi connectivity index (χ2v) is 4.90. The molecule has 16 heavy (non-hydrogen) atoms. The molecule has 3 rings (SSSR count). The molecule has 84 valence electrons. The van der Waals surface area contributed by atoms with Crippen LogP contribution in [-0.4, -0.2) is 12.1 Å². The summed E-state index contributed by atoms with van der Waals surface area (Å²) in [5, 5.41) is 0. The van der Waals surface area contributed by atoms with Crippen molar-refractivity contribution in [3.8, 4) is 0 Å². The van der Waals surface area contributed by atoms with Crippen LogP contribution in [-0.2, 0) is 9.53 Å². The van der Waals surface area contributed by atoms with Crippen molar-refractivity contribution in [3.63, 3.8) is 0 Å². The average Bonchev–Trinajstić information content (AvgIpc) is 2.32. The molecule has 0 aromatic carbocycles. The Labute approximate surface area is 95.7 Å². The van der Waals surface area contributed by atoms with Crippen LogP contribution in [0.25, 0.3) is 0 Å². The van der Waals surface area contributed by atoms with Gasteiger partial charge in [0.15, 0.2) is 0 Å². The van der Waals surface area contributed by atoms with E-state index in [1.807, 2.05) is 0 Å². The molecular weight excluding hydrogens is 200 g/mol. The van der Waals surface area contributed by atoms with E-state index in [9.17, 15) is 4.79 Å². The minimum atomic E-state index is -0.188. The number of allylic oxidation sites excluding steroid dienone is 4. The maximum Gasteiger partial charge on any atom is 0.303 e. The molecule has 0 fully saturated rings. The molecule has 0 saturated heterocycles. The monoisotopic (exact) mass is 216 g/mol. The van der Waals surface area contributed by atoms with Gasteiger partial charge in [-0.3, -0.25) is 4.79 Å². The van der Waals surface area contributed by atoms with Crippen molar-refractivity contribution in [1.82, 2.24) is 0 Å². The fourth-order valence-corrected chi connectivity index (χ4v) is 3.08. The SMILES string of the molecule is CC(=O)O[C@@H]1C=C[C@H]2CC=C[C@@H]1[C@H]1C=C[C@H]12. The molecule has 0 radical (unpaired) electrons. The fraction of sp³-hybridized carbons (Fsp3) is 0.500. The highest BCUT2D eigenvalue weighted by atomic mass is 16.5. The van der Waals surface area contributed by atoms with Crippen molar-refractivity contribution in [2.45, 2.75) is 19.4 Å². The summed E-state index contributed by atoms with van der Waals surface area (Å²) in [4.78, 5) is 11.1. The minimum absolute atomic E-state index is 0.0727. The van der Waals surface area contributed by atoms with Gasteiger partial charge in [0.25, 0.3) is 0 Å². The highest BCUT2D eigenvalue weighted by Crippen LogP contribution is 2.46. The van der Waals surface area contributed by atoms with Crippen LogP contribution in [0.3, 0.4) is 0 Å². The predicted molar refractivity (Wildman–Crippen MR) is 61.6 cm³/mol. The number of rotatable bonds is 1. The molecule has 2 heteroatoms. The third kappa shape index (κ3) is 1.44. The lowest BCUT2D eigenvalue weighted by Gasteiger charge is -2.36. The standard InChI is InChI=1S/C14H16O2/c1-9(15)16-14-8-5-10-3-2-4-13(14)12-7-6-11(10)12/h2,4-8,10-14H,3H2,1H3/t10-,11+,12+,13-,14-/m1/s1. The maximum atomic E-state index is 11.1. The lowest BCUT2D eigenvalue weighted by molar-refractivity contribution is -0.146. The van der Waals surface area contributed by atoms with Crippen molar-refractivity contribution in [2.24, 2.45) is 23.7 Å². The summed E-state index contributed by atoms with van der Waals surface area (Å²) in [7, 11) is 0. The van der Waals surface area contributed by atoms with Crippen molar-refractivity contribution in [2.75, 3.05) is 0 Å². The van der Waals surface area contributed by atoms with Gasteiger partial charge in [0.2, 0.25) is 0 Å². The molecule has 2 bridgehead atoms. The molecule has 3 aliphatic carbocycles. The molecular formula is C14H16O2. The van der Waals surface area contributed by atoms with E-state index in [1.54, 1.807) is 0 Å². The van der Waals surface area contributed by atoms with Crippen molar-refractivity contribution >= 4 is 5.97 Å². The Bertz CT molecular complexity index is 392. The van der Waals surface area contributed by atoms with Crippen LogP contribution in [0.2, 0.25) is 0 Å². The Morgan fingerprint density at radius 2 is 1.88 bits per heavy atom. The van der Waals surface area contributed by atoms with Gasteiger partial charge in [0, 0.05) is 12.8 Å². The molecule has 3 aliphatic rings. The van der Waals surface area contributed by atoms with Gasteiger partial charge in [0.05, 0.1) is 0 Å². The van der Waals surface area contributed by atoms with Gasteiger partial charge in [-0.15, -0.1) is 0 Å². The third-order valence-corrected chi connectivity index (χ3v) is 3.93. The number of carbonyl (C=O) groups is 1. The van der Waals surface area contributed by atoms with Crippen molar-refractivity contribution in [3.05, 3.63) is 36.5 Å². The summed E-state index contributed by atoms with van der Waals surface area (Å²) < 4.78 is 5.40. The van der Waals surface area contributed by atoms with Crippen LogP contribution in [0.15, 0.2) is 36.5 Å². The number of esters is 1. The molecule has 0 unspecified atom stereocenters. The summed E-state index contributed by atoms with van der Waals surface area (Å²) in [6, 6.07) is 0. The summed E-state index contributed by atoms with van der Waals surface area (Å²) in [6.07, 6.45) is 14.4. The van der Waals surface area contributed by atoms with Crippen LogP contribution in [0.1, 0.15) is 13.3 Å². The molecule has 0 aliphatic heterocycles. The first kappa shape index (κ1) is 9.88. The fourth-order valence-electron chi connectivity index (χ4n) is 3.08. The van der Waals surface area contributed by atoms with Gasteiger partial charge in [-0.2, -0.15) is 0 Å². The average molecular weight is 216 g/mol. The Morgan fingerprint density at radius 1 is 1.06 bits per heavy atom. The van der Waals surface area contributed by atoms with E-state index in [2.05, 4.69) is 36.5 Å². The molecule has 5 atom stereocenters. The molecule has 2 nitrogen and oxygen atoms in total. The first-order valence-corrected chi connectivity index (χ1v) is 5.96. The summed E-state index contributed by atoms with van der Waals surface area (Å²) >= 11 is 0. The zero-order valence-electron chi connectivity index (χ0n) is 9.37. The van der Waals surface area contributed by atoms with E-state index in [0.29, 0.717) is 23.7 Å². The zero-order chi connectivity index (χ0) is 11.1. The highest BCUT2D eigenvalue weighted by Gasteiger charge is 2.41. The van der Waals surface area contributed by atoms with Gasteiger partial charge < -0.3 is 4.74 Å². The van der Waals surface area contributed by atoms with Crippen LogP contribution >= 0.6 is 0 Å². The van der Waals surface area contributed by atoms with Crippen molar-refractivity contribution in [1.29, 1.82) is 0 Å². The normalized spacial score (nSPS) is 43.2. The Kier molecular flexibility index (Phi) is 2.23. The van der Waals surface area contributed by atoms with Gasteiger partial charge in [-0.1, -0.05) is 30.4 Å². The third-order valence-electron chi connectivity index (χ3n) is 3.93. The maximum absolute atomic E-state index is 11.1. The molecule has 0 heterocycles. The van der Waals surface area contributed by atoms with E-state index < -0.39 is 0 Å². The minimum Gasteiger partial charge on any atom is -0.458 e. The van der Waals surface area contributed by atoms with Crippen molar-refractivity contribution < 1.29 is 9.53 Å². The van der Waals surface area contributed by atoms with E-state index in [0.717, 1.165) is 6.42 Å². The lowest BCUT2D eigenvalue weighted by atomic mass is 9.69. The molecule has 0 aromatic heterocycles. The van der Waals surface area contributed by atoms with Crippen LogP contribution in [0, 0.1) is 23.7 Å². The second kappa shape index (κ2) is 3.62. The van der Waals surface area contributed by atoms with Crippen LogP contribution in [0.5, 0.6) is 0 Å². The first-order chi connectivity index (χ1) is 7.75. The van der Waals surface area contributed by atoms with Gasteiger partial charge >= 0.3 is 5.97 Å². The van der Waals surface area contributed by atoms with Gasteiger partial charge in [0.1, 0.15) is 6.10 Å². The van der Waals surface area contributed by atoms with E-state index >= 15 is 0 Å². The van der Waals surface area contributed by atoms with E-state index in [1.165, 1.54) is 6.92 Å². The Morgan fingerprint density at radius 3 is 2.56 bits per heavy atom. The molecule has 0 N–H and O–H groups in total. The Balaban J connectivity index is 1.92. The first-order valence-electron chi connectivity index (χ1n) is 5.96. The quantitative estimate of drug-likeness (QED) is 0.497. The number of carbonyl (C=O) groups excluding carboxylic acids is 1. The Hall–Kier alpha value is -1.31. The van der Waals surface area contributed by atoms with Crippen LogP contribution < -0.4 is 0 Å². The lowest BCUT2D eigenvalue weighted by Crippen LogP contribution is -2.34. The van der Waals surface area contributed by atoms with E-state index in [-0.39, 0.29) is 12.1 Å². The number of hydrogen-bond acceptors (Lipinski definition) is 2. The topological polar surface area (TPSA) is 26.3 Å². The zero-order valence-corrected chi connectivity index (χ0v) is 9.37. The summed E-state index contributed by atoms with van der Waals surface area (Å²) in [5.41, 5.74) is 0. The molecule has 0 amide bonds. The summed E-state index contributed by atoms with van der Waals surface area (Å²) in [5.74, 6) is 1.95. The van der Waals surface area contributed by atoms with Crippen LogP contribution in [0.4, 0.5) is 0 Å². The van der Waals surface area contributed by atoms with E-state index in [4.69, 9.17) is 4.74 Å². The van der Waals surface area contributed by atoms with Gasteiger partial charge in [-0.05, 0) is 30.3 Å². The second-order valence-electron chi connectivity index (χ2n) is 4.90.